The maximum atomic E-state index is 13.3. The Kier molecular flexibility index (Phi) is 4.84. The minimum atomic E-state index is -2.77. The first-order valence-electron chi connectivity index (χ1n) is 6.85. The highest BCUT2D eigenvalue weighted by Gasteiger charge is 2.39. The van der Waals surface area contributed by atoms with E-state index in [1.165, 1.54) is 18.3 Å². The van der Waals surface area contributed by atoms with Gasteiger partial charge in [0.05, 0.1) is 24.2 Å². The van der Waals surface area contributed by atoms with E-state index in [2.05, 4.69) is 10.3 Å². The standard InChI is InChI=1S/C14H18F2N2O3/c15-14(16)5-1-2-9(6-14)13(21)18-10-3-4-11(17-7-10)12(20)8-19/h3-4,7,9,12,19-20H,1-2,5-6,8H2,(H,18,21)/t9-,12?/m0/s1. The van der Waals surface area contributed by atoms with Crippen LogP contribution in [0.5, 0.6) is 0 Å². The Balaban J connectivity index is 1.96. The Morgan fingerprint density at radius 1 is 1.52 bits per heavy atom. The molecule has 1 aliphatic carbocycles. The summed E-state index contributed by atoms with van der Waals surface area (Å²) < 4.78 is 26.6. The molecule has 116 valence electrons. The van der Waals surface area contributed by atoms with Crippen LogP contribution in [-0.2, 0) is 4.79 Å². The van der Waals surface area contributed by atoms with E-state index in [1.54, 1.807) is 0 Å². The lowest BCUT2D eigenvalue weighted by atomic mass is 9.86. The van der Waals surface area contributed by atoms with Crippen molar-refractivity contribution in [2.45, 2.75) is 37.7 Å². The SMILES string of the molecule is O=C(Nc1ccc(C(O)CO)nc1)[C@H]1CCCC(F)(F)C1. The smallest absolute Gasteiger partial charge is 0.248 e. The van der Waals surface area contributed by atoms with Crippen LogP contribution < -0.4 is 5.32 Å². The highest BCUT2D eigenvalue weighted by atomic mass is 19.3. The summed E-state index contributed by atoms with van der Waals surface area (Å²) in [5.74, 6) is -3.91. The zero-order valence-electron chi connectivity index (χ0n) is 11.4. The van der Waals surface area contributed by atoms with Crippen molar-refractivity contribution in [3.05, 3.63) is 24.0 Å². The fraction of sp³-hybridized carbons (Fsp3) is 0.571. The number of pyridine rings is 1. The summed E-state index contributed by atoms with van der Waals surface area (Å²) in [6.45, 7) is -0.449. The lowest BCUT2D eigenvalue weighted by molar-refractivity contribution is -0.127. The molecular formula is C14H18F2N2O3. The number of aromatic nitrogens is 1. The van der Waals surface area contributed by atoms with Gasteiger partial charge in [-0.15, -0.1) is 0 Å². The average molecular weight is 300 g/mol. The topological polar surface area (TPSA) is 82.5 Å². The lowest BCUT2D eigenvalue weighted by Gasteiger charge is -2.27. The van der Waals surface area contributed by atoms with Crippen molar-refractivity contribution in [1.82, 2.24) is 4.98 Å². The molecule has 1 aliphatic rings. The monoisotopic (exact) mass is 300 g/mol. The molecule has 0 aliphatic heterocycles. The molecule has 21 heavy (non-hydrogen) atoms. The highest BCUT2D eigenvalue weighted by Crippen LogP contribution is 2.37. The van der Waals surface area contributed by atoms with Crippen LogP contribution >= 0.6 is 0 Å². The normalized spacial score (nSPS) is 22.6. The molecule has 0 spiro atoms. The molecule has 3 N–H and O–H groups in total. The van der Waals surface area contributed by atoms with E-state index in [-0.39, 0.29) is 12.1 Å². The van der Waals surface area contributed by atoms with Crippen LogP contribution in [-0.4, -0.2) is 33.6 Å². The minimum absolute atomic E-state index is 0.161. The van der Waals surface area contributed by atoms with Gasteiger partial charge in [0.15, 0.2) is 0 Å². The summed E-state index contributed by atoms with van der Waals surface area (Å²) in [6.07, 6.45) is 0.459. The zero-order chi connectivity index (χ0) is 15.5. The van der Waals surface area contributed by atoms with Crippen LogP contribution in [0.4, 0.5) is 14.5 Å². The minimum Gasteiger partial charge on any atom is -0.393 e. The molecule has 2 rings (SSSR count). The number of carbonyl (C=O) groups is 1. The van der Waals surface area contributed by atoms with Crippen molar-refractivity contribution in [2.24, 2.45) is 5.92 Å². The first kappa shape index (κ1) is 15.8. The largest absolute Gasteiger partial charge is 0.393 e. The Morgan fingerprint density at radius 3 is 2.86 bits per heavy atom. The van der Waals surface area contributed by atoms with Gasteiger partial charge in [0, 0.05) is 18.8 Å². The van der Waals surface area contributed by atoms with E-state index in [0.717, 1.165) is 0 Å². The van der Waals surface area contributed by atoms with E-state index in [0.29, 0.717) is 18.5 Å². The number of halogens is 2. The van der Waals surface area contributed by atoms with Crippen LogP contribution in [0.25, 0.3) is 0 Å². The van der Waals surface area contributed by atoms with Crippen molar-refractivity contribution < 1.29 is 23.8 Å². The third kappa shape index (κ3) is 4.18. The fourth-order valence-corrected chi connectivity index (χ4v) is 2.41. The van der Waals surface area contributed by atoms with Gasteiger partial charge in [0.2, 0.25) is 11.8 Å². The average Bonchev–Trinajstić information content (AvgIpc) is 2.46. The lowest BCUT2D eigenvalue weighted by Crippen LogP contribution is -2.33. The van der Waals surface area contributed by atoms with Crippen LogP contribution in [0, 0.1) is 5.92 Å². The van der Waals surface area contributed by atoms with Crippen molar-refractivity contribution in [1.29, 1.82) is 0 Å². The fourth-order valence-electron chi connectivity index (χ4n) is 2.41. The summed E-state index contributed by atoms with van der Waals surface area (Å²) in [6, 6.07) is 2.98. The number of nitrogens with zero attached hydrogens (tertiary/aromatic N) is 1. The van der Waals surface area contributed by atoms with Crippen LogP contribution in [0.2, 0.25) is 0 Å². The molecule has 5 nitrogen and oxygen atoms in total. The number of alkyl halides is 2. The molecule has 1 unspecified atom stereocenters. The number of aliphatic hydroxyl groups excluding tert-OH is 2. The van der Waals surface area contributed by atoms with E-state index in [1.807, 2.05) is 0 Å². The molecule has 1 amide bonds. The molecule has 1 aromatic heterocycles. The third-order valence-electron chi connectivity index (χ3n) is 3.58. The number of hydrogen-bond acceptors (Lipinski definition) is 4. The Labute approximate surface area is 121 Å². The van der Waals surface area contributed by atoms with Crippen LogP contribution in [0.3, 0.4) is 0 Å². The molecule has 0 bridgehead atoms. The van der Waals surface area contributed by atoms with Gasteiger partial charge >= 0.3 is 0 Å². The van der Waals surface area contributed by atoms with Gasteiger partial charge in [0.25, 0.3) is 0 Å². The molecule has 1 heterocycles. The second kappa shape index (κ2) is 6.44. The molecular weight excluding hydrogens is 282 g/mol. The number of aliphatic hydroxyl groups is 2. The third-order valence-corrected chi connectivity index (χ3v) is 3.58. The number of rotatable bonds is 4. The summed E-state index contributed by atoms with van der Waals surface area (Å²) in [7, 11) is 0. The quantitative estimate of drug-likeness (QED) is 0.793. The van der Waals surface area contributed by atoms with E-state index >= 15 is 0 Å². The summed E-state index contributed by atoms with van der Waals surface area (Å²) >= 11 is 0. The van der Waals surface area contributed by atoms with Crippen molar-refractivity contribution >= 4 is 11.6 Å². The predicted molar refractivity (Wildman–Crippen MR) is 71.8 cm³/mol. The van der Waals surface area contributed by atoms with Gasteiger partial charge in [-0.2, -0.15) is 0 Å². The molecule has 1 aromatic rings. The number of hydrogen-bond donors (Lipinski definition) is 3. The molecule has 1 saturated carbocycles. The molecule has 0 radical (unpaired) electrons. The van der Waals surface area contributed by atoms with E-state index in [9.17, 15) is 18.7 Å². The number of nitrogens with one attached hydrogen (secondary N) is 1. The molecule has 2 atom stereocenters. The highest BCUT2D eigenvalue weighted by molar-refractivity contribution is 5.92. The summed E-state index contributed by atoms with van der Waals surface area (Å²) in [5, 5.41) is 20.7. The zero-order valence-corrected chi connectivity index (χ0v) is 11.4. The maximum Gasteiger partial charge on any atom is 0.248 e. The molecule has 0 aromatic carbocycles. The van der Waals surface area contributed by atoms with Crippen LogP contribution in [0.15, 0.2) is 18.3 Å². The number of carbonyl (C=O) groups excluding carboxylic acids is 1. The Hall–Kier alpha value is -1.60. The summed E-state index contributed by atoms with van der Waals surface area (Å²) in [5.41, 5.74) is 0.655. The second-order valence-corrected chi connectivity index (χ2v) is 5.31. The van der Waals surface area contributed by atoms with Gasteiger partial charge in [-0.3, -0.25) is 9.78 Å². The predicted octanol–water partition coefficient (Wildman–Crippen LogP) is 1.87. The summed E-state index contributed by atoms with van der Waals surface area (Å²) in [4.78, 5) is 15.9. The maximum absolute atomic E-state index is 13.3. The molecule has 0 saturated heterocycles. The second-order valence-electron chi connectivity index (χ2n) is 5.31. The van der Waals surface area contributed by atoms with Gasteiger partial charge in [-0.25, -0.2) is 8.78 Å². The van der Waals surface area contributed by atoms with Gasteiger partial charge in [-0.1, -0.05) is 0 Å². The van der Waals surface area contributed by atoms with Crippen molar-refractivity contribution in [3.8, 4) is 0 Å². The van der Waals surface area contributed by atoms with Gasteiger partial charge in [-0.05, 0) is 25.0 Å². The molecule has 1 fully saturated rings. The Bertz CT molecular complexity index is 493. The van der Waals surface area contributed by atoms with E-state index < -0.39 is 36.9 Å². The van der Waals surface area contributed by atoms with Crippen molar-refractivity contribution in [3.63, 3.8) is 0 Å². The number of anilines is 1. The first-order valence-corrected chi connectivity index (χ1v) is 6.85. The van der Waals surface area contributed by atoms with Crippen molar-refractivity contribution in [2.75, 3.05) is 11.9 Å². The number of amides is 1. The van der Waals surface area contributed by atoms with Gasteiger partial charge in [0.1, 0.15) is 6.10 Å². The van der Waals surface area contributed by atoms with Gasteiger partial charge < -0.3 is 15.5 Å². The Morgan fingerprint density at radius 2 is 2.29 bits per heavy atom. The van der Waals surface area contributed by atoms with E-state index in [4.69, 9.17) is 5.11 Å². The molecule has 7 heteroatoms. The first-order chi connectivity index (χ1) is 9.91. The van der Waals surface area contributed by atoms with Crippen LogP contribution in [0.1, 0.15) is 37.5 Å².